The Kier molecular flexibility index (Phi) is 285. The maximum atomic E-state index is 8.00. The van der Waals surface area contributed by atoms with Gasteiger partial charge in [-0.2, -0.15) is 0 Å². The zero-order valence-corrected chi connectivity index (χ0v) is 6.76. The van der Waals surface area contributed by atoms with E-state index in [4.69, 9.17) is 4.70 Å². The minimum Gasteiger partial charge on any atom is 0 e. The second kappa shape index (κ2) is 46.5. The molecule has 0 aromatic heterocycles. The molecule has 35 valence electrons. The summed E-state index contributed by atoms with van der Waals surface area (Å²) in [5.74, 6) is 0. The molecule has 0 heterocycles. The monoisotopic (exact) mass is 334 g/mol. The summed E-state index contributed by atoms with van der Waals surface area (Å²) in [7, 11) is 2.00. The van der Waals surface area contributed by atoms with Crippen LogP contribution in [0.25, 0.3) is 0 Å². The van der Waals surface area contributed by atoms with Crippen LogP contribution in [0.1, 0.15) is 0 Å². The first-order valence-corrected chi connectivity index (χ1v) is 0.289. The van der Waals surface area contributed by atoms with E-state index in [2.05, 4.69) is 0 Å². The van der Waals surface area contributed by atoms with Crippen LogP contribution in [0.5, 0.6) is 0 Å². The molecule has 0 amide bonds. The second-order valence-corrected chi connectivity index (χ2v) is 0. The molecule has 0 aromatic rings. The average molecular weight is 334 g/mol. The van der Waals surface area contributed by atoms with Crippen LogP contribution in [0.3, 0.4) is 0 Å². The molecule has 0 bridgehead atoms. The van der Waals surface area contributed by atoms with Gasteiger partial charge in [-0.15, -0.1) is 0 Å². The minimum absolute atomic E-state index is 0. The van der Waals surface area contributed by atoms with Crippen molar-refractivity contribution in [3.63, 3.8) is 0 Å². The summed E-state index contributed by atoms with van der Waals surface area (Å²) in [6.07, 6.45) is 0. The molecule has 0 aliphatic carbocycles. The Morgan fingerprint density at radius 3 is 1.20 bits per heavy atom. The average Bonchev–Trinajstić information content (AvgIpc) is 1.00. The third-order valence-corrected chi connectivity index (χ3v) is 0. The van der Waals surface area contributed by atoms with Crippen molar-refractivity contribution in [3.05, 3.63) is 0 Å². The van der Waals surface area contributed by atoms with E-state index >= 15 is 0 Å². The van der Waals surface area contributed by atoms with E-state index in [0.29, 0.717) is 0 Å². The molecule has 0 atom stereocenters. The Labute approximate surface area is 67.3 Å². The van der Waals surface area contributed by atoms with Gasteiger partial charge in [-0.05, 0) is 0 Å². The van der Waals surface area contributed by atoms with Gasteiger partial charge in [0, 0.05) is 55.2 Å². The van der Waals surface area contributed by atoms with Crippen molar-refractivity contribution in [2.24, 2.45) is 0 Å². The molecule has 5 heteroatoms. The van der Waals surface area contributed by atoms with Gasteiger partial charge in [-0.3, -0.25) is 0 Å². The summed E-state index contributed by atoms with van der Waals surface area (Å²) in [5.41, 5.74) is 0. The maximum absolute atomic E-state index is 8.00. The molecular weight excluding hydrogens is 333 g/mol. The fraction of sp³-hybridized carbons (Fsp3) is 0. The fourth-order valence-corrected chi connectivity index (χ4v) is 0. The molecule has 0 spiro atoms. The van der Waals surface area contributed by atoms with Crippen LogP contribution in [0.2, 0.25) is 0 Å². The van der Waals surface area contributed by atoms with Crippen molar-refractivity contribution in [1.29, 1.82) is 0 Å². The Bertz CT molecular complexity index is 11.6. The van der Waals surface area contributed by atoms with Crippen molar-refractivity contribution in [2.75, 3.05) is 0 Å². The summed E-state index contributed by atoms with van der Waals surface area (Å²) in [4.78, 5) is 0. The van der Waals surface area contributed by atoms with Gasteiger partial charge >= 0.3 is 12.4 Å². The van der Waals surface area contributed by atoms with Crippen LogP contribution >= 0.6 is 0 Å². The van der Waals surface area contributed by atoms with E-state index in [-0.39, 0.29) is 55.2 Å². The maximum Gasteiger partial charge on any atom is 0 e. The molecule has 5 heavy (non-hydrogen) atoms. The predicted octanol–water partition coefficient (Wildman–Crippen LogP) is -0.775. The smallest absolute Gasteiger partial charge is 0 e. The van der Waals surface area contributed by atoms with Gasteiger partial charge in [0.15, 0.2) is 0 Å². The van der Waals surface area contributed by atoms with Crippen molar-refractivity contribution in [2.45, 2.75) is 0 Å². The van der Waals surface area contributed by atoms with Crippen molar-refractivity contribution in [1.82, 2.24) is 0 Å². The van der Waals surface area contributed by atoms with Gasteiger partial charge in [0.25, 0.3) is 0 Å². The van der Waals surface area contributed by atoms with Crippen molar-refractivity contribution >= 4 is 7.72 Å². The van der Waals surface area contributed by atoms with Gasteiger partial charge in [-0.25, -0.2) is 0 Å². The van der Waals surface area contributed by atoms with Crippen LogP contribution in [0.4, 0.5) is 0 Å². The normalized spacial score (nSPS) is 0.600. The van der Waals surface area contributed by atoms with Gasteiger partial charge in [0.2, 0.25) is 0 Å². The first kappa shape index (κ1) is 30.7. The van der Waals surface area contributed by atoms with E-state index in [1.165, 1.54) is 0 Å². The SMILES string of the molecule is B=O.[Co].[Cr].[Pt]. The molecule has 0 saturated heterocycles. The van der Waals surface area contributed by atoms with Crippen molar-refractivity contribution in [3.8, 4) is 0 Å². The van der Waals surface area contributed by atoms with Crippen LogP contribution in [0.15, 0.2) is 0 Å². The standard InChI is InChI=1S/BHO.Co.Cr.Pt/c1-2;;;/h1H;;;. The van der Waals surface area contributed by atoms with Gasteiger partial charge in [0.05, 0.1) is 0 Å². The Morgan fingerprint density at radius 2 is 1.20 bits per heavy atom. The third-order valence-electron chi connectivity index (χ3n) is 0. The summed E-state index contributed by atoms with van der Waals surface area (Å²) in [6.45, 7) is 0. The van der Waals surface area contributed by atoms with E-state index in [9.17, 15) is 0 Å². The largest absolute Gasteiger partial charge is 0 e. The second-order valence-electron chi connectivity index (χ2n) is 0. The molecule has 0 saturated carbocycles. The molecule has 1 radical (unpaired) electrons. The van der Waals surface area contributed by atoms with Crippen LogP contribution in [-0.2, 0) is 59.9 Å². The summed E-state index contributed by atoms with van der Waals surface area (Å²) in [6, 6.07) is 0. The Hall–Kier alpha value is 1.59. The molecule has 0 aliphatic rings. The summed E-state index contributed by atoms with van der Waals surface area (Å²) in [5, 5.41) is 0. The molecule has 1 nitrogen and oxygen atoms in total. The van der Waals surface area contributed by atoms with Crippen LogP contribution in [-0.4, -0.2) is 7.72 Å². The van der Waals surface area contributed by atoms with Crippen molar-refractivity contribution < 1.29 is 59.9 Å². The molecule has 0 unspecified atom stereocenters. The van der Waals surface area contributed by atoms with Gasteiger partial charge in [-0.1, -0.05) is 0 Å². The number of hydrogen-bond donors (Lipinski definition) is 0. The zero-order chi connectivity index (χ0) is 2.00. The quantitative estimate of drug-likeness (QED) is 0.532. The molecule has 0 aliphatic heterocycles. The summed E-state index contributed by atoms with van der Waals surface area (Å²) >= 11 is 0. The van der Waals surface area contributed by atoms with Crippen LogP contribution < -0.4 is 0 Å². The van der Waals surface area contributed by atoms with E-state index in [1.807, 2.05) is 7.72 Å². The third kappa shape index (κ3) is 28.5. The molecule has 0 N–H and O–H groups in total. The van der Waals surface area contributed by atoms with E-state index < -0.39 is 0 Å². The molecule has 0 aromatic carbocycles. The predicted molar refractivity (Wildman–Crippen MR) is 7.84 cm³/mol. The van der Waals surface area contributed by atoms with Gasteiger partial charge < -0.3 is 0 Å². The van der Waals surface area contributed by atoms with E-state index in [0.717, 1.165) is 0 Å². The van der Waals surface area contributed by atoms with E-state index in [1.54, 1.807) is 0 Å². The minimum atomic E-state index is 0. The summed E-state index contributed by atoms with van der Waals surface area (Å²) < 4.78 is 8.00. The Balaban J connectivity index is -0.00000000167. The zero-order valence-electron chi connectivity index (χ0n) is 2.17. The number of hydrogen-bond acceptors (Lipinski definition) is 1. The molecular formula is HBCoCrOPt. The fourth-order valence-electron chi connectivity index (χ4n) is 0. The topological polar surface area (TPSA) is 17.1 Å². The first-order chi connectivity index (χ1) is 1.00. The Morgan fingerprint density at radius 1 is 1.20 bits per heavy atom. The first-order valence-electron chi connectivity index (χ1n) is 0.289. The number of rotatable bonds is 0. The van der Waals surface area contributed by atoms with Gasteiger partial charge in [0.1, 0.15) is 0 Å². The van der Waals surface area contributed by atoms with Crippen LogP contribution in [0, 0.1) is 0 Å². The molecule has 0 rings (SSSR count). The molecule has 0 fully saturated rings.